The zero-order chi connectivity index (χ0) is 15.9. The van der Waals surface area contributed by atoms with Crippen LogP contribution in [0.3, 0.4) is 0 Å². The molecule has 0 aliphatic carbocycles. The summed E-state index contributed by atoms with van der Waals surface area (Å²) in [7, 11) is 3.11. The summed E-state index contributed by atoms with van der Waals surface area (Å²) in [6.45, 7) is 6.34. The maximum absolute atomic E-state index is 12.5. The van der Waals surface area contributed by atoms with E-state index in [2.05, 4.69) is 11.9 Å². The Hall–Kier alpha value is -1.89. The summed E-state index contributed by atoms with van der Waals surface area (Å²) < 4.78 is 4.39. The first kappa shape index (κ1) is 15.5. The quantitative estimate of drug-likeness (QED) is 0.867. The van der Waals surface area contributed by atoms with Gasteiger partial charge in [-0.1, -0.05) is 6.92 Å². The third-order valence-electron chi connectivity index (χ3n) is 3.47. The van der Waals surface area contributed by atoms with Crippen LogP contribution in [0.5, 0.6) is 0 Å². The monoisotopic (exact) mass is 293 g/mol. The zero-order valence-corrected chi connectivity index (χ0v) is 13.3. The Labute approximate surface area is 123 Å². The summed E-state index contributed by atoms with van der Waals surface area (Å²) in [5, 5.41) is 0. The highest BCUT2D eigenvalue weighted by molar-refractivity contribution is 5.71. The van der Waals surface area contributed by atoms with Gasteiger partial charge in [-0.3, -0.25) is 13.9 Å². The van der Waals surface area contributed by atoms with E-state index in [1.165, 1.54) is 11.6 Å². The van der Waals surface area contributed by atoms with Gasteiger partial charge in [0.1, 0.15) is 5.82 Å². The van der Waals surface area contributed by atoms with Crippen LogP contribution in [0.1, 0.15) is 33.0 Å². The van der Waals surface area contributed by atoms with Crippen LogP contribution in [0.15, 0.2) is 9.59 Å². The molecule has 21 heavy (non-hydrogen) atoms. The van der Waals surface area contributed by atoms with Crippen molar-refractivity contribution in [3.63, 3.8) is 0 Å². The number of hydrogen-bond donors (Lipinski definition) is 1. The third-order valence-corrected chi connectivity index (χ3v) is 3.47. The summed E-state index contributed by atoms with van der Waals surface area (Å²) in [6, 6.07) is 0. The van der Waals surface area contributed by atoms with E-state index < -0.39 is 5.54 Å². The topological polar surface area (TPSA) is 87.8 Å². The van der Waals surface area contributed by atoms with Gasteiger partial charge in [-0.05, 0) is 20.3 Å². The van der Waals surface area contributed by atoms with Crippen molar-refractivity contribution < 1.29 is 0 Å². The smallest absolute Gasteiger partial charge is 0.324 e. The number of aromatic nitrogens is 4. The van der Waals surface area contributed by atoms with Crippen LogP contribution in [0.25, 0.3) is 11.2 Å². The molecule has 7 heteroatoms. The molecular weight excluding hydrogens is 270 g/mol. The molecule has 0 radical (unpaired) electrons. The highest BCUT2D eigenvalue weighted by Crippen LogP contribution is 2.15. The molecule has 2 heterocycles. The summed E-state index contributed by atoms with van der Waals surface area (Å²) in [6.07, 6.45) is 1.64. The van der Waals surface area contributed by atoms with E-state index in [0.29, 0.717) is 17.7 Å². The van der Waals surface area contributed by atoms with Crippen LogP contribution in [-0.2, 0) is 27.1 Å². The number of hydrogen-bond acceptors (Lipinski definition) is 4. The van der Waals surface area contributed by atoms with Gasteiger partial charge >= 0.3 is 5.69 Å². The van der Waals surface area contributed by atoms with Crippen molar-refractivity contribution in [1.29, 1.82) is 0 Å². The lowest BCUT2D eigenvalue weighted by molar-refractivity contribution is 0.430. The molecule has 0 amide bonds. The highest BCUT2D eigenvalue weighted by atomic mass is 16.2. The van der Waals surface area contributed by atoms with Gasteiger partial charge in [-0.2, -0.15) is 0 Å². The first-order valence-corrected chi connectivity index (χ1v) is 7.11. The van der Waals surface area contributed by atoms with E-state index in [-0.39, 0.29) is 11.2 Å². The molecule has 0 spiro atoms. The van der Waals surface area contributed by atoms with Gasteiger partial charge in [0.15, 0.2) is 11.2 Å². The number of nitrogens with two attached hydrogens (primary N) is 1. The highest BCUT2D eigenvalue weighted by Gasteiger charge is 2.22. The minimum absolute atomic E-state index is 0.327. The Morgan fingerprint density at radius 2 is 1.81 bits per heavy atom. The molecule has 7 nitrogen and oxygen atoms in total. The van der Waals surface area contributed by atoms with E-state index in [0.717, 1.165) is 23.2 Å². The van der Waals surface area contributed by atoms with Crippen molar-refractivity contribution in [2.45, 2.75) is 45.7 Å². The second-order valence-corrected chi connectivity index (χ2v) is 6.23. The number of fused-ring (bicyclic) bond motifs is 1. The van der Waals surface area contributed by atoms with Crippen molar-refractivity contribution in [1.82, 2.24) is 18.7 Å². The molecule has 0 atom stereocenters. The summed E-state index contributed by atoms with van der Waals surface area (Å²) in [4.78, 5) is 29.0. The fourth-order valence-corrected chi connectivity index (χ4v) is 2.48. The molecule has 0 fully saturated rings. The minimum atomic E-state index is -0.476. The molecule has 0 aliphatic rings. The standard InChI is InChI=1S/C14H23N5O2/c1-6-7-9-16-11-10(19(9)8-14(2,3)15)12(20)18(5)13(21)17(11)4/h6-8,15H2,1-5H3. The maximum atomic E-state index is 12.5. The van der Waals surface area contributed by atoms with Gasteiger partial charge in [-0.25, -0.2) is 9.78 Å². The molecular formula is C14H23N5O2. The Balaban J connectivity index is 2.89. The van der Waals surface area contributed by atoms with E-state index in [1.54, 1.807) is 7.05 Å². The second kappa shape index (κ2) is 5.14. The normalized spacial score (nSPS) is 12.3. The van der Waals surface area contributed by atoms with E-state index in [9.17, 15) is 9.59 Å². The lowest BCUT2D eigenvalue weighted by Gasteiger charge is -2.21. The van der Waals surface area contributed by atoms with Gasteiger partial charge in [0.05, 0.1) is 0 Å². The predicted molar refractivity (Wildman–Crippen MR) is 82.5 cm³/mol. The second-order valence-electron chi connectivity index (χ2n) is 6.23. The fourth-order valence-electron chi connectivity index (χ4n) is 2.48. The first-order chi connectivity index (χ1) is 9.67. The average molecular weight is 293 g/mol. The molecule has 2 aromatic rings. The van der Waals surface area contributed by atoms with Crippen LogP contribution >= 0.6 is 0 Å². The number of nitrogens with zero attached hydrogens (tertiary/aromatic N) is 4. The molecule has 116 valence electrons. The van der Waals surface area contributed by atoms with E-state index in [4.69, 9.17) is 5.73 Å². The molecule has 0 bridgehead atoms. The Morgan fingerprint density at radius 1 is 1.19 bits per heavy atom. The maximum Gasteiger partial charge on any atom is 0.332 e. The van der Waals surface area contributed by atoms with E-state index >= 15 is 0 Å². The number of aryl methyl sites for hydroxylation is 2. The Kier molecular flexibility index (Phi) is 3.79. The van der Waals surface area contributed by atoms with E-state index in [1.807, 2.05) is 18.4 Å². The Bertz CT molecular complexity index is 789. The molecule has 2 aromatic heterocycles. The van der Waals surface area contributed by atoms with Crippen molar-refractivity contribution in [3.8, 4) is 0 Å². The van der Waals surface area contributed by atoms with Gasteiger partial charge in [-0.15, -0.1) is 0 Å². The molecule has 2 rings (SSSR count). The lowest BCUT2D eigenvalue weighted by atomic mass is 10.1. The van der Waals surface area contributed by atoms with Gasteiger partial charge in [0.2, 0.25) is 0 Å². The zero-order valence-electron chi connectivity index (χ0n) is 13.3. The summed E-state index contributed by atoms with van der Waals surface area (Å²) in [5.74, 6) is 0.796. The lowest BCUT2D eigenvalue weighted by Crippen LogP contribution is -2.40. The van der Waals surface area contributed by atoms with Crippen molar-refractivity contribution >= 4 is 11.2 Å². The number of imidazole rings is 1. The van der Waals surface area contributed by atoms with Crippen molar-refractivity contribution in [2.24, 2.45) is 19.8 Å². The average Bonchev–Trinajstić information content (AvgIpc) is 2.71. The van der Waals surface area contributed by atoms with Crippen LogP contribution in [-0.4, -0.2) is 24.2 Å². The first-order valence-electron chi connectivity index (χ1n) is 7.11. The van der Waals surface area contributed by atoms with Crippen molar-refractivity contribution in [2.75, 3.05) is 0 Å². The molecule has 0 saturated heterocycles. The summed E-state index contributed by atoms with van der Waals surface area (Å²) >= 11 is 0. The molecule has 0 saturated carbocycles. The SMILES string of the molecule is CCCc1nc2c(c(=O)n(C)c(=O)n2C)n1CC(C)(C)N. The predicted octanol–water partition coefficient (Wildman–Crippen LogP) is 0.124. The molecule has 0 unspecified atom stereocenters. The number of rotatable bonds is 4. The van der Waals surface area contributed by atoms with Gasteiger partial charge in [0.25, 0.3) is 5.56 Å². The Morgan fingerprint density at radius 3 is 2.33 bits per heavy atom. The third kappa shape index (κ3) is 2.65. The minimum Gasteiger partial charge on any atom is -0.324 e. The van der Waals surface area contributed by atoms with Crippen LogP contribution in [0, 0.1) is 0 Å². The fraction of sp³-hybridized carbons (Fsp3) is 0.643. The largest absolute Gasteiger partial charge is 0.332 e. The van der Waals surface area contributed by atoms with Crippen molar-refractivity contribution in [3.05, 3.63) is 26.7 Å². The summed E-state index contributed by atoms with van der Waals surface area (Å²) in [5.41, 5.74) is 5.81. The molecule has 2 N–H and O–H groups in total. The van der Waals surface area contributed by atoms with Gasteiger partial charge in [0, 0.05) is 32.6 Å². The molecule has 0 aliphatic heterocycles. The molecule has 0 aromatic carbocycles. The van der Waals surface area contributed by atoms with Crippen LogP contribution in [0.2, 0.25) is 0 Å². The van der Waals surface area contributed by atoms with Gasteiger partial charge < -0.3 is 10.3 Å². The van der Waals surface area contributed by atoms with Crippen LogP contribution in [0.4, 0.5) is 0 Å². The van der Waals surface area contributed by atoms with Crippen LogP contribution < -0.4 is 17.0 Å².